The Balaban J connectivity index is 0.000000519. The molecular weight excluding hydrogens is 638 g/mol. The number of aromatic nitrogens is 2. The molecule has 0 bridgehead atoms. The van der Waals surface area contributed by atoms with Crippen molar-refractivity contribution < 1.29 is 41.7 Å². The van der Waals surface area contributed by atoms with Crippen molar-refractivity contribution in [3.05, 3.63) is 88.1 Å². The maximum atomic E-state index is 15.7. The summed E-state index contributed by atoms with van der Waals surface area (Å²) >= 11 is 0. The van der Waals surface area contributed by atoms with Gasteiger partial charge in [-0.3, -0.25) is 9.59 Å². The normalized spacial score (nSPS) is 15.0. The number of para-hydroxylation sites is 2. The van der Waals surface area contributed by atoms with Crippen molar-refractivity contribution in [3.63, 3.8) is 0 Å². The summed E-state index contributed by atoms with van der Waals surface area (Å²) < 4.78 is 60.8. The van der Waals surface area contributed by atoms with Crippen molar-refractivity contribution >= 4 is 39.4 Å². The number of nitrogens with two attached hydrogens (primary N) is 1. The molecule has 5 aromatic rings. The van der Waals surface area contributed by atoms with Crippen LogP contribution >= 0.6 is 0 Å². The molecule has 0 saturated carbocycles. The van der Waals surface area contributed by atoms with Gasteiger partial charge in [0.1, 0.15) is 22.5 Å². The van der Waals surface area contributed by atoms with E-state index in [2.05, 4.69) is 10.3 Å². The molecule has 250 valence electrons. The minimum absolute atomic E-state index is 0.0731. The Labute approximate surface area is 269 Å². The monoisotopic (exact) mass is 667 g/mol. The zero-order chi connectivity index (χ0) is 34.3. The molecule has 5 N–H and O–H groups in total. The number of pyridine rings is 1. The van der Waals surface area contributed by atoms with E-state index in [9.17, 15) is 22.8 Å². The molecule has 7 rings (SSSR count). The van der Waals surface area contributed by atoms with Crippen molar-refractivity contribution in [1.29, 1.82) is 0 Å². The molecule has 1 unspecified atom stereocenters. The molecule has 48 heavy (non-hydrogen) atoms. The third-order valence-corrected chi connectivity index (χ3v) is 8.19. The van der Waals surface area contributed by atoms with Crippen LogP contribution in [0.25, 0.3) is 27.5 Å². The summed E-state index contributed by atoms with van der Waals surface area (Å²) in [4.78, 5) is 41.0. The van der Waals surface area contributed by atoms with Gasteiger partial charge in [-0.15, -0.1) is 0 Å². The fourth-order valence-corrected chi connectivity index (χ4v) is 5.90. The van der Waals surface area contributed by atoms with Crippen LogP contribution in [-0.2, 0) is 11.2 Å². The summed E-state index contributed by atoms with van der Waals surface area (Å²) in [6, 6.07) is 14.2. The number of H-pyrrole nitrogens is 1. The highest BCUT2D eigenvalue weighted by atomic mass is 19.4. The molecule has 0 radical (unpaired) electrons. The lowest BCUT2D eigenvalue weighted by atomic mass is 10.1. The van der Waals surface area contributed by atoms with Crippen molar-refractivity contribution in [2.75, 3.05) is 31.6 Å². The van der Waals surface area contributed by atoms with Gasteiger partial charge in [0.2, 0.25) is 5.43 Å². The standard InChI is InChI=1S/C31H28FN5O4.C2HF3O2/c1-40-19-6-7-24-20(12-19)17(14-35-24)8-10-34-31(39)22-16-37-25-4-2-3-5-26(25)41-30-27(37)21(29(22)38)13-23(32)28(30)36-11-9-18(33)15-36;3-2(4,5)1(6)7/h2-7,12-14,16,18,35H,8-11,15,33H2,1H3,(H,34,39);(H,6,7). The van der Waals surface area contributed by atoms with Gasteiger partial charge in [-0.05, 0) is 54.8 Å². The molecular formula is C33H29F4N5O6. The molecule has 0 spiro atoms. The number of carbonyl (C=O) groups is 2. The first-order chi connectivity index (χ1) is 22.9. The van der Waals surface area contributed by atoms with Crippen molar-refractivity contribution in [1.82, 2.24) is 14.9 Å². The number of anilines is 1. The number of carboxylic acid groups (broad SMARTS) is 1. The molecule has 11 nitrogen and oxygen atoms in total. The zero-order valence-electron chi connectivity index (χ0n) is 25.4. The Hall–Kier alpha value is -5.57. The fraction of sp³-hybridized carbons (Fsp3) is 0.242. The summed E-state index contributed by atoms with van der Waals surface area (Å²) in [7, 11) is 1.62. The lowest BCUT2D eigenvalue weighted by molar-refractivity contribution is -0.192. The van der Waals surface area contributed by atoms with Gasteiger partial charge < -0.3 is 40.1 Å². The second kappa shape index (κ2) is 12.6. The van der Waals surface area contributed by atoms with Crippen LogP contribution in [0.1, 0.15) is 22.3 Å². The second-order valence-electron chi connectivity index (χ2n) is 11.3. The molecule has 2 aliphatic heterocycles. The van der Waals surface area contributed by atoms with Crippen LogP contribution in [0.3, 0.4) is 0 Å². The van der Waals surface area contributed by atoms with Crippen molar-refractivity contribution in [3.8, 4) is 22.9 Å². The third kappa shape index (κ3) is 5.99. The Kier molecular flexibility index (Phi) is 8.47. The summed E-state index contributed by atoms with van der Waals surface area (Å²) in [5, 5.41) is 11.1. The average molecular weight is 668 g/mol. The summed E-state index contributed by atoms with van der Waals surface area (Å²) in [6.45, 7) is 1.36. The van der Waals surface area contributed by atoms with Gasteiger partial charge in [0.05, 0.1) is 18.2 Å². The highest BCUT2D eigenvalue weighted by Gasteiger charge is 2.38. The molecule has 0 aliphatic carbocycles. The predicted molar refractivity (Wildman–Crippen MR) is 169 cm³/mol. The number of fused-ring (bicyclic) bond motifs is 3. The summed E-state index contributed by atoms with van der Waals surface area (Å²) in [5.74, 6) is -2.37. The number of hydrogen-bond donors (Lipinski definition) is 4. The van der Waals surface area contributed by atoms with Crippen molar-refractivity contribution in [2.45, 2.75) is 25.1 Å². The van der Waals surface area contributed by atoms with Crippen LogP contribution in [0.4, 0.5) is 23.2 Å². The number of amides is 1. The Morgan fingerprint density at radius 2 is 1.92 bits per heavy atom. The molecule has 15 heteroatoms. The van der Waals surface area contributed by atoms with Crippen LogP contribution in [-0.4, -0.2) is 65.5 Å². The maximum Gasteiger partial charge on any atom is 0.490 e. The van der Waals surface area contributed by atoms with Crippen LogP contribution in [0.5, 0.6) is 17.2 Å². The first kappa shape index (κ1) is 32.4. The Bertz CT molecular complexity index is 2130. The molecule has 2 aromatic heterocycles. The van der Waals surface area contributed by atoms with Crippen LogP contribution in [0, 0.1) is 5.82 Å². The minimum atomic E-state index is -5.08. The van der Waals surface area contributed by atoms with Gasteiger partial charge in [-0.2, -0.15) is 13.2 Å². The van der Waals surface area contributed by atoms with E-state index in [1.54, 1.807) is 17.7 Å². The minimum Gasteiger partial charge on any atom is -0.497 e. The molecule has 1 fully saturated rings. The van der Waals surface area contributed by atoms with Crippen LogP contribution in [0.2, 0.25) is 0 Å². The van der Waals surface area contributed by atoms with E-state index >= 15 is 4.39 Å². The number of ether oxygens (including phenoxy) is 2. The number of halogens is 4. The SMILES string of the molecule is COc1ccc2[nH]cc(CCNC(=O)c3cn4c5c(c(N6CCC(N)C6)c(F)cc5c3=O)Oc3ccccc3-4)c2c1.O=C(O)C(F)(F)F. The molecule has 2 aliphatic rings. The number of nitrogens with one attached hydrogen (secondary N) is 2. The molecule has 1 atom stereocenters. The van der Waals surface area contributed by atoms with E-state index in [-0.39, 0.29) is 28.4 Å². The number of carboxylic acids is 1. The van der Waals surface area contributed by atoms with Gasteiger partial charge in [0, 0.05) is 49.0 Å². The van der Waals surface area contributed by atoms with Gasteiger partial charge in [-0.25, -0.2) is 9.18 Å². The highest BCUT2D eigenvalue weighted by Crippen LogP contribution is 2.47. The number of methoxy groups -OCH3 is 1. The van der Waals surface area contributed by atoms with E-state index in [4.69, 9.17) is 25.1 Å². The molecule has 1 amide bonds. The van der Waals surface area contributed by atoms with E-state index in [0.717, 1.165) is 28.6 Å². The lowest BCUT2D eigenvalue weighted by Gasteiger charge is -2.29. The average Bonchev–Trinajstić information content (AvgIpc) is 3.67. The number of aliphatic carboxylic acids is 1. The largest absolute Gasteiger partial charge is 0.497 e. The maximum absolute atomic E-state index is 15.7. The van der Waals surface area contributed by atoms with E-state index in [0.29, 0.717) is 43.0 Å². The van der Waals surface area contributed by atoms with E-state index in [1.807, 2.05) is 47.5 Å². The van der Waals surface area contributed by atoms with Gasteiger partial charge in [0.25, 0.3) is 5.91 Å². The van der Waals surface area contributed by atoms with Gasteiger partial charge >= 0.3 is 12.1 Å². The summed E-state index contributed by atoms with van der Waals surface area (Å²) in [6.07, 6.45) is -0.390. The Morgan fingerprint density at radius 1 is 1.17 bits per heavy atom. The highest BCUT2D eigenvalue weighted by molar-refractivity contribution is 6.01. The number of hydrogen-bond acceptors (Lipinski definition) is 7. The number of alkyl halides is 3. The first-order valence-corrected chi connectivity index (χ1v) is 14.8. The molecule has 4 heterocycles. The second-order valence-corrected chi connectivity index (χ2v) is 11.3. The first-order valence-electron chi connectivity index (χ1n) is 14.8. The molecule has 1 saturated heterocycles. The zero-order valence-corrected chi connectivity index (χ0v) is 25.4. The summed E-state index contributed by atoms with van der Waals surface area (Å²) in [5.41, 5.74) is 8.82. The number of carbonyl (C=O) groups excluding carboxylic acids is 1. The third-order valence-electron chi connectivity index (χ3n) is 8.19. The number of nitrogens with zero attached hydrogens (tertiary/aromatic N) is 2. The van der Waals surface area contributed by atoms with E-state index < -0.39 is 29.3 Å². The topological polar surface area (TPSA) is 152 Å². The lowest BCUT2D eigenvalue weighted by Crippen LogP contribution is -2.32. The van der Waals surface area contributed by atoms with Crippen LogP contribution in [0.15, 0.2) is 65.7 Å². The van der Waals surface area contributed by atoms with E-state index in [1.165, 1.54) is 12.3 Å². The quantitative estimate of drug-likeness (QED) is 0.184. The number of rotatable bonds is 6. The molecule has 3 aromatic carbocycles. The predicted octanol–water partition coefficient (Wildman–Crippen LogP) is 4.87. The van der Waals surface area contributed by atoms with Gasteiger partial charge in [0.15, 0.2) is 17.3 Å². The smallest absolute Gasteiger partial charge is 0.490 e. The Morgan fingerprint density at radius 3 is 2.60 bits per heavy atom. The fourth-order valence-electron chi connectivity index (χ4n) is 5.90. The van der Waals surface area contributed by atoms with Crippen molar-refractivity contribution in [2.24, 2.45) is 5.73 Å². The number of aromatic amines is 1. The number of benzene rings is 3. The van der Waals surface area contributed by atoms with Crippen LogP contribution < -0.4 is 30.9 Å². The van der Waals surface area contributed by atoms with Gasteiger partial charge in [-0.1, -0.05) is 12.1 Å².